The molecule has 1 fully saturated rings. The van der Waals surface area contributed by atoms with Gasteiger partial charge in [-0.25, -0.2) is 4.98 Å². The molecule has 2 rings (SSSR count). The Bertz CT molecular complexity index is 294. The van der Waals surface area contributed by atoms with E-state index in [1.165, 1.54) is 49.1 Å². The van der Waals surface area contributed by atoms with Gasteiger partial charge in [-0.3, -0.25) is 0 Å². The summed E-state index contributed by atoms with van der Waals surface area (Å²) < 4.78 is 1.79. The highest BCUT2D eigenvalue weighted by molar-refractivity contribution is 9.11. The second-order valence-corrected chi connectivity index (χ2v) is 6.36. The third kappa shape index (κ3) is 2.25. The molecule has 72 valence electrons. The van der Waals surface area contributed by atoms with Crippen molar-refractivity contribution >= 4 is 38.9 Å². The van der Waals surface area contributed by atoms with E-state index in [1.807, 2.05) is 0 Å². The minimum Gasteiger partial charge on any atom is -0.229 e. The van der Waals surface area contributed by atoms with Gasteiger partial charge in [-0.1, -0.05) is 42.2 Å². The van der Waals surface area contributed by atoms with Gasteiger partial charge in [0, 0.05) is 5.92 Å². The Kier molecular flexibility index (Phi) is 3.27. The summed E-state index contributed by atoms with van der Waals surface area (Å²) in [6.45, 7) is 0. The van der Waals surface area contributed by atoms with E-state index in [9.17, 15) is 0 Å². The van der Waals surface area contributed by atoms with Crippen LogP contribution in [0.3, 0.4) is 0 Å². The second-order valence-electron chi connectivity index (χ2n) is 3.46. The van der Waals surface area contributed by atoms with Crippen LogP contribution in [-0.2, 0) is 0 Å². The van der Waals surface area contributed by atoms with Crippen molar-refractivity contribution in [1.29, 1.82) is 0 Å². The SMILES string of the molecule is Clc1nc(C2CCCCC2)c(Br)s1. The highest BCUT2D eigenvalue weighted by Crippen LogP contribution is 2.39. The van der Waals surface area contributed by atoms with Crippen LogP contribution in [0.1, 0.15) is 43.7 Å². The maximum absolute atomic E-state index is 5.86. The van der Waals surface area contributed by atoms with Crippen molar-refractivity contribution in [2.24, 2.45) is 0 Å². The lowest BCUT2D eigenvalue weighted by atomic mass is 9.87. The molecule has 1 aromatic rings. The van der Waals surface area contributed by atoms with Gasteiger partial charge in [0.1, 0.15) is 0 Å². The van der Waals surface area contributed by atoms with Gasteiger partial charge in [0.15, 0.2) is 4.47 Å². The van der Waals surface area contributed by atoms with Gasteiger partial charge in [-0.2, -0.15) is 0 Å². The molecule has 0 atom stereocenters. The van der Waals surface area contributed by atoms with E-state index in [-0.39, 0.29) is 0 Å². The number of nitrogens with zero attached hydrogens (tertiary/aromatic N) is 1. The van der Waals surface area contributed by atoms with E-state index in [1.54, 1.807) is 0 Å². The molecule has 0 radical (unpaired) electrons. The topological polar surface area (TPSA) is 12.9 Å². The van der Waals surface area contributed by atoms with Gasteiger partial charge in [-0.15, -0.1) is 0 Å². The fourth-order valence-electron chi connectivity index (χ4n) is 1.92. The van der Waals surface area contributed by atoms with Crippen molar-refractivity contribution in [3.05, 3.63) is 13.9 Å². The van der Waals surface area contributed by atoms with Crippen molar-refractivity contribution in [3.8, 4) is 0 Å². The predicted octanol–water partition coefficient (Wildman–Crippen LogP) is 4.61. The number of hydrogen-bond acceptors (Lipinski definition) is 2. The second kappa shape index (κ2) is 4.28. The first-order valence-corrected chi connectivity index (χ1v) is 6.58. The third-order valence-corrected chi connectivity index (χ3v) is 4.43. The van der Waals surface area contributed by atoms with E-state index >= 15 is 0 Å². The minimum absolute atomic E-state index is 0.645. The molecule has 1 nitrogen and oxygen atoms in total. The normalized spacial score (nSPS) is 19.2. The van der Waals surface area contributed by atoms with E-state index in [0.717, 1.165) is 3.79 Å². The van der Waals surface area contributed by atoms with Gasteiger partial charge in [-0.05, 0) is 28.8 Å². The van der Waals surface area contributed by atoms with Crippen molar-refractivity contribution in [2.45, 2.75) is 38.0 Å². The molecule has 1 aliphatic carbocycles. The van der Waals surface area contributed by atoms with Gasteiger partial charge in [0.25, 0.3) is 0 Å². The van der Waals surface area contributed by atoms with Crippen molar-refractivity contribution < 1.29 is 0 Å². The number of thiazole rings is 1. The zero-order valence-electron chi connectivity index (χ0n) is 7.22. The molecule has 0 aliphatic heterocycles. The van der Waals surface area contributed by atoms with Crippen LogP contribution >= 0.6 is 38.9 Å². The summed E-state index contributed by atoms with van der Waals surface area (Å²) >= 11 is 10.9. The summed E-state index contributed by atoms with van der Waals surface area (Å²) in [5.74, 6) is 0.645. The monoisotopic (exact) mass is 279 g/mol. The van der Waals surface area contributed by atoms with Gasteiger partial charge in [0.2, 0.25) is 0 Å². The molecule has 0 bridgehead atoms. The molecule has 1 saturated carbocycles. The fourth-order valence-corrected chi connectivity index (χ4v) is 4.00. The summed E-state index contributed by atoms with van der Waals surface area (Å²) in [7, 11) is 0. The largest absolute Gasteiger partial charge is 0.229 e. The Morgan fingerprint density at radius 3 is 2.54 bits per heavy atom. The molecule has 0 unspecified atom stereocenters. The number of halogens is 2. The summed E-state index contributed by atoms with van der Waals surface area (Å²) in [6, 6.07) is 0. The lowest BCUT2D eigenvalue weighted by Crippen LogP contribution is -2.05. The first-order chi connectivity index (χ1) is 6.27. The molecule has 1 heterocycles. The van der Waals surface area contributed by atoms with Crippen LogP contribution in [0.2, 0.25) is 4.47 Å². The number of aromatic nitrogens is 1. The quantitative estimate of drug-likeness (QED) is 0.732. The summed E-state index contributed by atoms with van der Waals surface area (Å²) in [5, 5.41) is 0. The van der Waals surface area contributed by atoms with Crippen molar-refractivity contribution in [2.75, 3.05) is 0 Å². The van der Waals surface area contributed by atoms with Crippen LogP contribution < -0.4 is 0 Å². The number of rotatable bonds is 1. The lowest BCUT2D eigenvalue weighted by molar-refractivity contribution is 0.437. The predicted molar refractivity (Wildman–Crippen MR) is 60.7 cm³/mol. The molecule has 0 N–H and O–H groups in total. The lowest BCUT2D eigenvalue weighted by Gasteiger charge is -2.19. The zero-order valence-corrected chi connectivity index (χ0v) is 10.4. The molecule has 1 aliphatic rings. The third-order valence-electron chi connectivity index (χ3n) is 2.58. The Morgan fingerprint density at radius 1 is 1.31 bits per heavy atom. The molecule has 13 heavy (non-hydrogen) atoms. The summed E-state index contributed by atoms with van der Waals surface area (Å²) in [5.41, 5.74) is 1.19. The van der Waals surface area contributed by atoms with Crippen LogP contribution in [0.25, 0.3) is 0 Å². The molecule has 4 heteroatoms. The van der Waals surface area contributed by atoms with Crippen LogP contribution in [0.15, 0.2) is 3.79 Å². The first-order valence-electron chi connectivity index (χ1n) is 4.59. The molecular formula is C9H11BrClNS. The minimum atomic E-state index is 0.645. The highest BCUT2D eigenvalue weighted by Gasteiger charge is 2.21. The Morgan fingerprint density at radius 2 is 2.00 bits per heavy atom. The fraction of sp³-hybridized carbons (Fsp3) is 0.667. The Labute approximate surface area is 95.6 Å². The van der Waals surface area contributed by atoms with E-state index < -0.39 is 0 Å². The smallest absolute Gasteiger partial charge is 0.184 e. The molecule has 0 aromatic carbocycles. The molecule has 0 spiro atoms. The average Bonchev–Trinajstić information content (AvgIpc) is 2.47. The highest BCUT2D eigenvalue weighted by atomic mass is 79.9. The van der Waals surface area contributed by atoms with Crippen LogP contribution in [-0.4, -0.2) is 4.98 Å². The maximum atomic E-state index is 5.86. The van der Waals surface area contributed by atoms with Gasteiger partial charge >= 0.3 is 0 Å². The van der Waals surface area contributed by atoms with Crippen LogP contribution in [0, 0.1) is 0 Å². The molecule has 1 aromatic heterocycles. The number of hydrogen-bond donors (Lipinski definition) is 0. The first kappa shape index (κ1) is 9.94. The van der Waals surface area contributed by atoms with Crippen LogP contribution in [0.4, 0.5) is 0 Å². The Balaban J connectivity index is 2.18. The summed E-state index contributed by atoms with van der Waals surface area (Å²) in [4.78, 5) is 4.37. The van der Waals surface area contributed by atoms with E-state index in [0.29, 0.717) is 10.4 Å². The molecule has 0 saturated heterocycles. The van der Waals surface area contributed by atoms with Crippen LogP contribution in [0.5, 0.6) is 0 Å². The standard InChI is InChI=1S/C9H11BrClNS/c10-8-7(12-9(11)13-8)6-4-2-1-3-5-6/h6H,1-5H2. The van der Waals surface area contributed by atoms with Crippen molar-refractivity contribution in [3.63, 3.8) is 0 Å². The zero-order chi connectivity index (χ0) is 9.26. The average molecular weight is 281 g/mol. The van der Waals surface area contributed by atoms with Gasteiger partial charge in [0.05, 0.1) is 9.48 Å². The molecular weight excluding hydrogens is 270 g/mol. The van der Waals surface area contributed by atoms with Gasteiger partial charge < -0.3 is 0 Å². The summed E-state index contributed by atoms with van der Waals surface area (Å²) in [6.07, 6.45) is 6.61. The Hall–Kier alpha value is 0.400. The molecule has 0 amide bonds. The van der Waals surface area contributed by atoms with E-state index in [2.05, 4.69) is 20.9 Å². The maximum Gasteiger partial charge on any atom is 0.184 e. The van der Waals surface area contributed by atoms with E-state index in [4.69, 9.17) is 11.6 Å². The van der Waals surface area contributed by atoms with Crippen molar-refractivity contribution in [1.82, 2.24) is 4.98 Å².